The first-order valence-electron chi connectivity index (χ1n) is 5.82. The van der Waals surface area contributed by atoms with Crippen LogP contribution in [0.4, 0.5) is 0 Å². The average molecular weight is 215 g/mol. The molecule has 0 saturated carbocycles. The maximum Gasteiger partial charge on any atom is 0.0743 e. The van der Waals surface area contributed by atoms with Gasteiger partial charge in [0.25, 0.3) is 0 Å². The predicted molar refractivity (Wildman–Crippen MR) is 68.2 cm³/mol. The van der Waals surface area contributed by atoms with Crippen LogP contribution in [-0.2, 0) is 0 Å². The summed E-state index contributed by atoms with van der Waals surface area (Å²) in [6.07, 6.45) is 0. The highest BCUT2D eigenvalue weighted by Gasteiger charge is 2.29. The zero-order chi connectivity index (χ0) is 12.3. The van der Waals surface area contributed by atoms with Gasteiger partial charge in [0.2, 0.25) is 0 Å². The molecule has 86 valence electrons. The predicted octanol–water partition coefficient (Wildman–Crippen LogP) is 4.28. The molecule has 0 spiro atoms. The molecule has 0 N–H and O–H groups in total. The molecule has 2 atom stereocenters. The number of rotatable bonds is 2. The standard InChI is InChI=1S/C15H21N/c1-11-6-8-13(9-7-11)14(10-16)12(2)15(3,4)5/h6-9,12,14H,1-5H3/t12-,14-/m1/s1. The molecule has 0 unspecified atom stereocenters. The SMILES string of the molecule is Cc1ccc([C@H](C#N)[C@@H](C)C(C)(C)C)cc1. The highest BCUT2D eigenvalue weighted by Crippen LogP contribution is 2.37. The van der Waals surface area contributed by atoms with Gasteiger partial charge in [-0.3, -0.25) is 0 Å². The van der Waals surface area contributed by atoms with Crippen LogP contribution < -0.4 is 0 Å². The Morgan fingerprint density at radius 3 is 2.00 bits per heavy atom. The lowest BCUT2D eigenvalue weighted by molar-refractivity contribution is 0.243. The third-order valence-electron chi connectivity index (χ3n) is 3.44. The second kappa shape index (κ2) is 4.70. The van der Waals surface area contributed by atoms with Crippen molar-refractivity contribution in [3.63, 3.8) is 0 Å². The number of nitriles is 1. The van der Waals surface area contributed by atoms with E-state index in [1.807, 2.05) is 0 Å². The molecule has 1 rings (SSSR count). The molecule has 0 aliphatic heterocycles. The summed E-state index contributed by atoms with van der Waals surface area (Å²) in [6, 6.07) is 10.8. The van der Waals surface area contributed by atoms with Gasteiger partial charge in [0.15, 0.2) is 0 Å². The Labute approximate surface area is 99.1 Å². The van der Waals surface area contributed by atoms with Gasteiger partial charge >= 0.3 is 0 Å². The van der Waals surface area contributed by atoms with Crippen LogP contribution in [0.3, 0.4) is 0 Å². The van der Waals surface area contributed by atoms with Gasteiger partial charge < -0.3 is 0 Å². The molecule has 0 heterocycles. The van der Waals surface area contributed by atoms with Gasteiger partial charge in [0, 0.05) is 0 Å². The van der Waals surface area contributed by atoms with Crippen LogP contribution in [0.15, 0.2) is 24.3 Å². The lowest BCUT2D eigenvalue weighted by Gasteiger charge is -2.31. The smallest absolute Gasteiger partial charge is 0.0743 e. The molecule has 0 aromatic heterocycles. The van der Waals surface area contributed by atoms with Gasteiger partial charge in [-0.15, -0.1) is 0 Å². The molecule has 1 heteroatoms. The first-order valence-corrected chi connectivity index (χ1v) is 5.82. The Hall–Kier alpha value is -1.29. The third kappa shape index (κ3) is 2.85. The molecule has 0 fully saturated rings. The maximum absolute atomic E-state index is 9.33. The second-order valence-electron chi connectivity index (χ2n) is 5.67. The van der Waals surface area contributed by atoms with E-state index in [4.69, 9.17) is 0 Å². The molecule has 0 amide bonds. The van der Waals surface area contributed by atoms with E-state index in [-0.39, 0.29) is 11.3 Å². The number of benzene rings is 1. The summed E-state index contributed by atoms with van der Waals surface area (Å²) < 4.78 is 0. The topological polar surface area (TPSA) is 23.8 Å². The fourth-order valence-corrected chi connectivity index (χ4v) is 1.75. The van der Waals surface area contributed by atoms with E-state index in [0.29, 0.717) is 5.92 Å². The molecule has 0 radical (unpaired) electrons. The van der Waals surface area contributed by atoms with E-state index in [1.54, 1.807) is 0 Å². The van der Waals surface area contributed by atoms with Crippen molar-refractivity contribution in [1.82, 2.24) is 0 Å². The number of nitrogens with zero attached hydrogens (tertiary/aromatic N) is 1. The van der Waals surface area contributed by atoms with Crippen molar-refractivity contribution < 1.29 is 0 Å². The Kier molecular flexibility index (Phi) is 3.75. The minimum absolute atomic E-state index is 0.0133. The van der Waals surface area contributed by atoms with Gasteiger partial charge in [0.1, 0.15) is 0 Å². The van der Waals surface area contributed by atoms with E-state index in [9.17, 15) is 5.26 Å². The van der Waals surface area contributed by atoms with Crippen LogP contribution in [0.1, 0.15) is 44.7 Å². The zero-order valence-corrected chi connectivity index (χ0v) is 10.9. The van der Waals surface area contributed by atoms with Crippen LogP contribution >= 0.6 is 0 Å². The molecule has 0 aliphatic rings. The summed E-state index contributed by atoms with van der Waals surface area (Å²) in [6.45, 7) is 10.8. The van der Waals surface area contributed by atoms with Crippen molar-refractivity contribution in [3.8, 4) is 6.07 Å². The molecule has 1 aromatic carbocycles. The van der Waals surface area contributed by atoms with Gasteiger partial charge in [-0.05, 0) is 23.8 Å². The molecule has 16 heavy (non-hydrogen) atoms. The summed E-state index contributed by atoms with van der Waals surface area (Å²) in [4.78, 5) is 0. The summed E-state index contributed by atoms with van der Waals surface area (Å²) >= 11 is 0. The first kappa shape index (κ1) is 12.8. The van der Waals surface area contributed by atoms with Crippen LogP contribution in [0.2, 0.25) is 0 Å². The average Bonchev–Trinajstić information content (AvgIpc) is 2.20. The normalized spacial score (nSPS) is 15.2. The van der Waals surface area contributed by atoms with Gasteiger partial charge in [-0.1, -0.05) is 57.5 Å². The van der Waals surface area contributed by atoms with Crippen molar-refractivity contribution in [1.29, 1.82) is 5.26 Å². The van der Waals surface area contributed by atoms with E-state index >= 15 is 0 Å². The lowest BCUT2D eigenvalue weighted by Crippen LogP contribution is -2.23. The molecular formula is C15H21N. The van der Waals surface area contributed by atoms with Gasteiger partial charge in [-0.2, -0.15) is 5.26 Å². The van der Waals surface area contributed by atoms with Crippen molar-refractivity contribution in [2.24, 2.45) is 11.3 Å². The molecule has 0 bridgehead atoms. The molecule has 0 saturated heterocycles. The number of hydrogen-bond acceptors (Lipinski definition) is 1. The van der Waals surface area contributed by atoms with Crippen LogP contribution in [0.5, 0.6) is 0 Å². The summed E-state index contributed by atoms with van der Waals surface area (Å²) in [5, 5.41) is 9.33. The third-order valence-corrected chi connectivity index (χ3v) is 3.44. The summed E-state index contributed by atoms with van der Waals surface area (Å²) in [5.74, 6) is 0.334. The van der Waals surface area contributed by atoms with Gasteiger partial charge in [-0.25, -0.2) is 0 Å². The quantitative estimate of drug-likeness (QED) is 0.722. The van der Waals surface area contributed by atoms with Gasteiger partial charge in [0.05, 0.1) is 12.0 Å². The lowest BCUT2D eigenvalue weighted by atomic mass is 9.72. The number of hydrogen-bond donors (Lipinski definition) is 0. The fourth-order valence-electron chi connectivity index (χ4n) is 1.75. The Balaban J connectivity index is 3.00. The minimum atomic E-state index is -0.0133. The zero-order valence-electron chi connectivity index (χ0n) is 10.9. The highest BCUT2D eigenvalue weighted by atomic mass is 14.4. The van der Waals surface area contributed by atoms with Crippen molar-refractivity contribution in [2.75, 3.05) is 0 Å². The Morgan fingerprint density at radius 2 is 1.62 bits per heavy atom. The largest absolute Gasteiger partial charge is 0.198 e. The molecular weight excluding hydrogens is 194 g/mol. The molecule has 1 aromatic rings. The maximum atomic E-state index is 9.33. The van der Waals surface area contributed by atoms with Crippen molar-refractivity contribution in [2.45, 2.75) is 40.5 Å². The first-order chi connectivity index (χ1) is 7.36. The van der Waals surface area contributed by atoms with E-state index in [1.165, 1.54) is 5.56 Å². The van der Waals surface area contributed by atoms with E-state index in [0.717, 1.165) is 5.56 Å². The monoisotopic (exact) mass is 215 g/mol. The van der Waals surface area contributed by atoms with Crippen LogP contribution in [0, 0.1) is 29.6 Å². The summed E-state index contributed by atoms with van der Waals surface area (Å²) in [7, 11) is 0. The highest BCUT2D eigenvalue weighted by molar-refractivity contribution is 5.29. The second-order valence-corrected chi connectivity index (χ2v) is 5.67. The van der Waals surface area contributed by atoms with E-state index in [2.05, 4.69) is 65.0 Å². The van der Waals surface area contributed by atoms with Crippen molar-refractivity contribution in [3.05, 3.63) is 35.4 Å². The van der Waals surface area contributed by atoms with Crippen LogP contribution in [-0.4, -0.2) is 0 Å². The number of aryl methyl sites for hydroxylation is 1. The fraction of sp³-hybridized carbons (Fsp3) is 0.533. The van der Waals surface area contributed by atoms with E-state index < -0.39 is 0 Å². The Morgan fingerprint density at radius 1 is 1.12 bits per heavy atom. The minimum Gasteiger partial charge on any atom is -0.198 e. The molecule has 0 aliphatic carbocycles. The van der Waals surface area contributed by atoms with Crippen molar-refractivity contribution >= 4 is 0 Å². The molecule has 1 nitrogen and oxygen atoms in total. The Bertz CT molecular complexity index is 375. The van der Waals surface area contributed by atoms with Crippen LogP contribution in [0.25, 0.3) is 0 Å². The summed E-state index contributed by atoms with van der Waals surface area (Å²) in [5.41, 5.74) is 2.53.